The number of nitrogens with one attached hydrogen (secondary N) is 1. The predicted octanol–water partition coefficient (Wildman–Crippen LogP) is -0.506. The van der Waals surface area contributed by atoms with Gasteiger partial charge in [0.15, 0.2) is 0 Å². The van der Waals surface area contributed by atoms with Gasteiger partial charge in [-0.1, -0.05) is 0 Å². The fraction of sp³-hybridized carbons (Fsp3) is 0.200. The quantitative estimate of drug-likeness (QED) is 0.517. The number of H-pyrrole nitrogens is 1. The van der Waals surface area contributed by atoms with E-state index in [-0.39, 0.29) is 0 Å². The van der Waals surface area contributed by atoms with Crippen LogP contribution in [0, 0.1) is 0 Å². The van der Waals surface area contributed by atoms with Crippen molar-refractivity contribution in [2.75, 3.05) is 0 Å². The molecule has 0 bridgehead atoms. The Hall–Kier alpha value is -1.36. The Balaban J connectivity index is 2.77. The molecule has 0 aliphatic heterocycles. The molecule has 0 aliphatic rings. The van der Waals surface area contributed by atoms with Crippen LogP contribution in [-0.2, 0) is 4.79 Å². The molecule has 0 saturated carbocycles. The summed E-state index contributed by atoms with van der Waals surface area (Å²) in [4.78, 5) is 10.2. The predicted molar refractivity (Wildman–Crippen MR) is 33.2 cm³/mol. The highest BCUT2D eigenvalue weighted by Gasteiger charge is 2.14. The number of hydrogen-bond donors (Lipinski definition) is 3. The van der Waals surface area contributed by atoms with Gasteiger partial charge in [0, 0.05) is 6.20 Å². The lowest BCUT2D eigenvalue weighted by Gasteiger charge is -2.00. The van der Waals surface area contributed by atoms with E-state index < -0.39 is 12.0 Å². The zero-order chi connectivity index (χ0) is 7.56. The Morgan fingerprint density at radius 1 is 1.90 bits per heavy atom. The molecule has 1 heterocycles. The van der Waals surface area contributed by atoms with Crippen LogP contribution in [0.1, 0.15) is 11.7 Å². The van der Waals surface area contributed by atoms with Gasteiger partial charge in [0.05, 0.1) is 5.69 Å². The second-order valence-corrected chi connectivity index (χ2v) is 1.83. The summed E-state index contributed by atoms with van der Waals surface area (Å²) < 4.78 is 0. The van der Waals surface area contributed by atoms with Crippen molar-refractivity contribution in [1.82, 2.24) is 10.2 Å². The van der Waals surface area contributed by atoms with Crippen LogP contribution in [-0.4, -0.2) is 21.3 Å². The highest BCUT2D eigenvalue weighted by Crippen LogP contribution is 2.03. The molecule has 0 radical (unpaired) electrons. The minimum absolute atomic E-state index is 0.410. The molecule has 1 atom stereocenters. The summed E-state index contributed by atoms with van der Waals surface area (Å²) in [7, 11) is 0. The van der Waals surface area contributed by atoms with E-state index in [4.69, 9.17) is 10.8 Å². The van der Waals surface area contributed by atoms with Crippen LogP contribution in [0.15, 0.2) is 12.3 Å². The number of aromatic nitrogens is 2. The first kappa shape index (κ1) is 6.76. The molecule has 0 aliphatic carbocycles. The second-order valence-electron chi connectivity index (χ2n) is 1.83. The number of nitrogens with zero attached hydrogens (tertiary/aromatic N) is 1. The summed E-state index contributed by atoms with van der Waals surface area (Å²) in [5, 5.41) is 14.4. The van der Waals surface area contributed by atoms with Crippen molar-refractivity contribution >= 4 is 5.97 Å². The Bertz CT molecular complexity index is 219. The van der Waals surface area contributed by atoms with Gasteiger partial charge in [-0.3, -0.25) is 9.89 Å². The number of aromatic amines is 1. The normalized spacial score (nSPS) is 12.9. The SMILES string of the molecule is NC(C(=O)O)c1ccn[nH]1. The smallest absolute Gasteiger partial charge is 0.326 e. The molecule has 0 fully saturated rings. The van der Waals surface area contributed by atoms with E-state index in [0.29, 0.717) is 5.69 Å². The van der Waals surface area contributed by atoms with E-state index in [2.05, 4.69) is 10.2 Å². The minimum atomic E-state index is -1.07. The molecule has 10 heavy (non-hydrogen) atoms. The van der Waals surface area contributed by atoms with Gasteiger partial charge in [-0.25, -0.2) is 0 Å². The van der Waals surface area contributed by atoms with E-state index in [1.807, 2.05) is 0 Å². The van der Waals surface area contributed by atoms with Gasteiger partial charge in [-0.15, -0.1) is 0 Å². The second kappa shape index (κ2) is 2.49. The number of carboxylic acids is 1. The van der Waals surface area contributed by atoms with Crippen molar-refractivity contribution in [3.05, 3.63) is 18.0 Å². The van der Waals surface area contributed by atoms with Gasteiger partial charge >= 0.3 is 5.97 Å². The lowest BCUT2D eigenvalue weighted by molar-refractivity contribution is -0.138. The first-order valence-electron chi connectivity index (χ1n) is 2.69. The number of carbonyl (C=O) groups is 1. The molecule has 4 N–H and O–H groups in total. The number of nitrogens with two attached hydrogens (primary N) is 1. The highest BCUT2D eigenvalue weighted by molar-refractivity contribution is 5.74. The fourth-order valence-electron chi connectivity index (χ4n) is 0.573. The van der Waals surface area contributed by atoms with Gasteiger partial charge in [0.2, 0.25) is 0 Å². The first-order valence-corrected chi connectivity index (χ1v) is 2.69. The fourth-order valence-corrected chi connectivity index (χ4v) is 0.573. The third kappa shape index (κ3) is 1.14. The maximum Gasteiger partial charge on any atom is 0.326 e. The summed E-state index contributed by atoms with van der Waals surface area (Å²) in [5.41, 5.74) is 5.62. The summed E-state index contributed by atoms with van der Waals surface area (Å²) >= 11 is 0. The van der Waals surface area contributed by atoms with Gasteiger partial charge in [-0.2, -0.15) is 5.10 Å². The molecule has 0 aromatic carbocycles. The molecule has 5 nitrogen and oxygen atoms in total. The van der Waals surface area contributed by atoms with Gasteiger partial charge in [-0.05, 0) is 6.07 Å². The van der Waals surface area contributed by atoms with Crippen LogP contribution in [0.5, 0.6) is 0 Å². The van der Waals surface area contributed by atoms with Crippen molar-refractivity contribution in [3.63, 3.8) is 0 Å². The summed E-state index contributed by atoms with van der Waals surface area (Å²) in [6.07, 6.45) is 1.46. The van der Waals surface area contributed by atoms with E-state index in [1.165, 1.54) is 12.3 Å². The molecule has 0 amide bonds. The lowest BCUT2D eigenvalue weighted by Crippen LogP contribution is -2.20. The van der Waals surface area contributed by atoms with Crippen LogP contribution >= 0.6 is 0 Å². The molecule has 54 valence electrons. The average Bonchev–Trinajstić information content (AvgIpc) is 2.36. The topological polar surface area (TPSA) is 92.0 Å². The maximum absolute atomic E-state index is 10.2. The van der Waals surface area contributed by atoms with Crippen LogP contribution < -0.4 is 5.73 Å². The third-order valence-electron chi connectivity index (χ3n) is 1.12. The Kier molecular flexibility index (Phi) is 1.68. The number of carboxylic acid groups (broad SMARTS) is 1. The van der Waals surface area contributed by atoms with Gasteiger partial charge in [0.1, 0.15) is 6.04 Å². The van der Waals surface area contributed by atoms with E-state index in [9.17, 15) is 4.79 Å². The minimum Gasteiger partial charge on any atom is -0.480 e. The zero-order valence-corrected chi connectivity index (χ0v) is 5.11. The zero-order valence-electron chi connectivity index (χ0n) is 5.11. The molecular formula is C5H7N3O2. The van der Waals surface area contributed by atoms with Crippen molar-refractivity contribution < 1.29 is 9.90 Å². The molecule has 5 heteroatoms. The van der Waals surface area contributed by atoms with Crippen LogP contribution in [0.3, 0.4) is 0 Å². The van der Waals surface area contributed by atoms with Crippen molar-refractivity contribution in [3.8, 4) is 0 Å². The van der Waals surface area contributed by atoms with Crippen molar-refractivity contribution in [2.45, 2.75) is 6.04 Å². The Morgan fingerprint density at radius 3 is 3.00 bits per heavy atom. The van der Waals surface area contributed by atoms with Crippen LogP contribution in [0.2, 0.25) is 0 Å². The molecule has 1 aromatic heterocycles. The van der Waals surface area contributed by atoms with Crippen molar-refractivity contribution in [2.24, 2.45) is 5.73 Å². The Morgan fingerprint density at radius 2 is 2.60 bits per heavy atom. The van der Waals surface area contributed by atoms with Crippen molar-refractivity contribution in [1.29, 1.82) is 0 Å². The monoisotopic (exact) mass is 141 g/mol. The third-order valence-corrected chi connectivity index (χ3v) is 1.12. The molecule has 1 rings (SSSR count). The molecule has 1 aromatic rings. The summed E-state index contributed by atoms with van der Waals surface area (Å²) in [6, 6.07) is 0.529. The van der Waals surface area contributed by atoms with Gasteiger partial charge < -0.3 is 10.8 Å². The molecule has 0 saturated heterocycles. The Labute approximate surface area is 56.9 Å². The van der Waals surface area contributed by atoms with E-state index in [0.717, 1.165) is 0 Å². The van der Waals surface area contributed by atoms with E-state index in [1.54, 1.807) is 0 Å². The largest absolute Gasteiger partial charge is 0.480 e. The van der Waals surface area contributed by atoms with Crippen LogP contribution in [0.4, 0.5) is 0 Å². The number of aliphatic carboxylic acids is 1. The lowest BCUT2D eigenvalue weighted by atomic mass is 10.2. The number of hydrogen-bond acceptors (Lipinski definition) is 3. The highest BCUT2D eigenvalue weighted by atomic mass is 16.4. The molecule has 0 spiro atoms. The standard InChI is InChI=1S/C5H7N3O2/c6-4(5(9)10)3-1-2-7-8-3/h1-2,4H,6H2,(H,7,8)(H,9,10). The summed E-state index contributed by atoms with van der Waals surface area (Å²) in [5.74, 6) is -1.07. The van der Waals surface area contributed by atoms with Crippen LogP contribution in [0.25, 0.3) is 0 Å². The molecular weight excluding hydrogens is 134 g/mol. The van der Waals surface area contributed by atoms with E-state index >= 15 is 0 Å². The average molecular weight is 141 g/mol. The maximum atomic E-state index is 10.2. The number of rotatable bonds is 2. The molecule has 1 unspecified atom stereocenters. The first-order chi connectivity index (χ1) is 4.72. The summed E-state index contributed by atoms with van der Waals surface area (Å²) in [6.45, 7) is 0. The van der Waals surface area contributed by atoms with Gasteiger partial charge in [0.25, 0.3) is 0 Å².